The van der Waals surface area contributed by atoms with Crippen LogP contribution < -0.4 is 0 Å². The minimum atomic E-state index is 0. The van der Waals surface area contributed by atoms with Crippen LogP contribution in [0.4, 0.5) is 0 Å². The highest BCUT2D eigenvalue weighted by Crippen LogP contribution is 2.24. The molecule has 0 bridgehead atoms. The van der Waals surface area contributed by atoms with Crippen molar-refractivity contribution in [2.45, 2.75) is 44.8 Å². The molecule has 0 amide bonds. The summed E-state index contributed by atoms with van der Waals surface area (Å²) < 4.78 is 0. The molecule has 1 fully saturated rings. The Kier molecular flexibility index (Phi) is 6.82. The monoisotopic (exact) mass is 329 g/mol. The van der Waals surface area contributed by atoms with Gasteiger partial charge in [-0.05, 0) is 24.0 Å². The molecule has 0 radical (unpaired) electrons. The van der Waals surface area contributed by atoms with Gasteiger partial charge in [-0.2, -0.15) is 0 Å². The molecule has 0 atom stereocenters. The summed E-state index contributed by atoms with van der Waals surface area (Å²) in [4.78, 5) is 14.1. The van der Waals surface area contributed by atoms with Gasteiger partial charge in [0, 0.05) is 32.0 Å². The number of hydrogen-bond acceptors (Lipinski definition) is 2. The average Bonchev–Trinajstić information content (AvgIpc) is 2.57. The SMILES string of the molecule is Cl.O=C1CCC(N(Cc2ccccc2)Cc2ccccc2)CC1. The van der Waals surface area contributed by atoms with Crippen molar-refractivity contribution in [3.8, 4) is 0 Å². The van der Waals surface area contributed by atoms with Crippen molar-refractivity contribution in [2.24, 2.45) is 0 Å². The van der Waals surface area contributed by atoms with E-state index in [9.17, 15) is 4.79 Å². The summed E-state index contributed by atoms with van der Waals surface area (Å²) in [7, 11) is 0. The largest absolute Gasteiger partial charge is 0.300 e. The first-order valence-electron chi connectivity index (χ1n) is 8.15. The minimum Gasteiger partial charge on any atom is -0.300 e. The Morgan fingerprint density at radius 1 is 0.783 bits per heavy atom. The van der Waals surface area contributed by atoms with Crippen LogP contribution in [-0.2, 0) is 17.9 Å². The Balaban J connectivity index is 0.00000192. The molecule has 0 spiro atoms. The van der Waals surface area contributed by atoms with Crippen LogP contribution in [0.5, 0.6) is 0 Å². The van der Waals surface area contributed by atoms with E-state index in [-0.39, 0.29) is 12.4 Å². The van der Waals surface area contributed by atoms with Crippen molar-refractivity contribution in [1.82, 2.24) is 4.90 Å². The highest BCUT2D eigenvalue weighted by Gasteiger charge is 2.24. The lowest BCUT2D eigenvalue weighted by Crippen LogP contribution is -2.37. The third-order valence-corrected chi connectivity index (χ3v) is 4.49. The van der Waals surface area contributed by atoms with Gasteiger partial charge in [0.1, 0.15) is 5.78 Å². The second kappa shape index (κ2) is 8.85. The van der Waals surface area contributed by atoms with Crippen LogP contribution >= 0.6 is 12.4 Å². The Hall–Kier alpha value is -1.64. The van der Waals surface area contributed by atoms with Gasteiger partial charge in [-0.25, -0.2) is 0 Å². The maximum Gasteiger partial charge on any atom is 0.133 e. The molecule has 0 aromatic heterocycles. The Bertz CT molecular complexity index is 548. The van der Waals surface area contributed by atoms with Gasteiger partial charge in [0.25, 0.3) is 0 Å². The summed E-state index contributed by atoms with van der Waals surface area (Å²) in [5.74, 6) is 0.427. The van der Waals surface area contributed by atoms with Gasteiger partial charge in [0.2, 0.25) is 0 Å². The molecule has 0 aliphatic heterocycles. The quantitative estimate of drug-likeness (QED) is 0.797. The first-order chi connectivity index (χ1) is 10.8. The van der Waals surface area contributed by atoms with Crippen molar-refractivity contribution >= 4 is 18.2 Å². The van der Waals surface area contributed by atoms with E-state index in [1.165, 1.54) is 11.1 Å². The van der Waals surface area contributed by atoms with E-state index in [1.54, 1.807) is 0 Å². The highest BCUT2D eigenvalue weighted by molar-refractivity contribution is 5.85. The van der Waals surface area contributed by atoms with Crippen LogP contribution in [0.15, 0.2) is 60.7 Å². The van der Waals surface area contributed by atoms with Crippen LogP contribution in [-0.4, -0.2) is 16.7 Å². The van der Waals surface area contributed by atoms with E-state index >= 15 is 0 Å². The van der Waals surface area contributed by atoms with E-state index in [0.717, 1.165) is 38.8 Å². The van der Waals surface area contributed by atoms with Gasteiger partial charge >= 0.3 is 0 Å². The Labute approximate surface area is 144 Å². The minimum absolute atomic E-state index is 0. The first kappa shape index (κ1) is 17.7. The Morgan fingerprint density at radius 3 is 1.65 bits per heavy atom. The number of halogens is 1. The number of hydrogen-bond donors (Lipinski definition) is 0. The van der Waals surface area contributed by atoms with Crippen LogP contribution in [0, 0.1) is 0 Å². The fraction of sp³-hybridized carbons (Fsp3) is 0.350. The van der Waals surface area contributed by atoms with E-state index < -0.39 is 0 Å². The van der Waals surface area contributed by atoms with E-state index in [1.807, 2.05) is 0 Å². The maximum absolute atomic E-state index is 11.5. The summed E-state index contributed by atoms with van der Waals surface area (Å²) in [6, 6.07) is 21.8. The van der Waals surface area contributed by atoms with Crippen molar-refractivity contribution in [3.05, 3.63) is 71.8 Å². The van der Waals surface area contributed by atoms with Crippen LogP contribution in [0.3, 0.4) is 0 Å². The summed E-state index contributed by atoms with van der Waals surface area (Å²) in [6.45, 7) is 1.91. The Morgan fingerprint density at radius 2 is 1.22 bits per heavy atom. The predicted octanol–water partition coefficient (Wildman–Crippen LogP) is 4.62. The standard InChI is InChI=1S/C20H23NO.ClH/c22-20-13-11-19(12-14-20)21(15-17-7-3-1-4-8-17)16-18-9-5-2-6-10-18;/h1-10,19H,11-16H2;1H. The fourth-order valence-corrected chi connectivity index (χ4v) is 3.24. The number of rotatable bonds is 5. The van der Waals surface area contributed by atoms with Crippen molar-refractivity contribution < 1.29 is 4.79 Å². The number of ketones is 1. The molecular weight excluding hydrogens is 306 g/mol. The van der Waals surface area contributed by atoms with Gasteiger partial charge in [0.15, 0.2) is 0 Å². The molecule has 23 heavy (non-hydrogen) atoms. The fourth-order valence-electron chi connectivity index (χ4n) is 3.24. The van der Waals surface area contributed by atoms with Crippen LogP contribution in [0.1, 0.15) is 36.8 Å². The molecular formula is C20H24ClNO. The smallest absolute Gasteiger partial charge is 0.133 e. The average molecular weight is 330 g/mol. The molecule has 2 aromatic rings. The molecule has 1 saturated carbocycles. The topological polar surface area (TPSA) is 20.3 Å². The maximum atomic E-state index is 11.5. The molecule has 0 heterocycles. The van der Waals surface area contributed by atoms with Gasteiger partial charge < -0.3 is 0 Å². The third kappa shape index (κ3) is 5.19. The lowest BCUT2D eigenvalue weighted by Gasteiger charge is -2.34. The molecule has 2 aromatic carbocycles. The lowest BCUT2D eigenvalue weighted by atomic mass is 9.92. The van der Waals surface area contributed by atoms with E-state index in [4.69, 9.17) is 0 Å². The van der Waals surface area contributed by atoms with Gasteiger partial charge in [-0.3, -0.25) is 9.69 Å². The number of nitrogens with zero attached hydrogens (tertiary/aromatic N) is 1. The molecule has 0 N–H and O–H groups in total. The van der Waals surface area contributed by atoms with E-state index in [0.29, 0.717) is 11.8 Å². The van der Waals surface area contributed by atoms with Gasteiger partial charge in [-0.15, -0.1) is 12.4 Å². The first-order valence-corrected chi connectivity index (χ1v) is 8.15. The number of carbonyl (C=O) groups is 1. The number of benzene rings is 2. The summed E-state index contributed by atoms with van der Waals surface area (Å²) >= 11 is 0. The normalized spacial score (nSPS) is 15.4. The molecule has 0 unspecified atom stereocenters. The van der Waals surface area contributed by atoms with Crippen LogP contribution in [0.2, 0.25) is 0 Å². The zero-order valence-electron chi connectivity index (χ0n) is 13.4. The zero-order chi connectivity index (χ0) is 15.2. The summed E-state index contributed by atoms with van der Waals surface area (Å²) in [6.07, 6.45) is 3.48. The molecule has 3 heteroatoms. The van der Waals surface area contributed by atoms with Gasteiger partial charge in [-0.1, -0.05) is 60.7 Å². The third-order valence-electron chi connectivity index (χ3n) is 4.49. The summed E-state index contributed by atoms with van der Waals surface area (Å²) in [5, 5.41) is 0. The molecule has 3 rings (SSSR count). The van der Waals surface area contributed by atoms with E-state index in [2.05, 4.69) is 65.6 Å². The van der Waals surface area contributed by atoms with Crippen molar-refractivity contribution in [2.75, 3.05) is 0 Å². The second-order valence-corrected chi connectivity index (χ2v) is 6.15. The molecule has 2 nitrogen and oxygen atoms in total. The number of Topliss-reactive ketones (excluding diaryl/α,β-unsaturated/α-hetero) is 1. The summed E-state index contributed by atoms with van der Waals surface area (Å²) in [5.41, 5.74) is 2.69. The second-order valence-electron chi connectivity index (χ2n) is 6.15. The molecule has 122 valence electrons. The van der Waals surface area contributed by atoms with Crippen molar-refractivity contribution in [3.63, 3.8) is 0 Å². The lowest BCUT2D eigenvalue weighted by molar-refractivity contribution is -0.121. The predicted molar refractivity (Wildman–Crippen MR) is 96.6 cm³/mol. The van der Waals surface area contributed by atoms with Crippen molar-refractivity contribution in [1.29, 1.82) is 0 Å². The van der Waals surface area contributed by atoms with Crippen LogP contribution in [0.25, 0.3) is 0 Å². The number of carbonyl (C=O) groups excluding carboxylic acids is 1. The molecule has 1 aliphatic carbocycles. The zero-order valence-corrected chi connectivity index (χ0v) is 14.2. The van der Waals surface area contributed by atoms with Gasteiger partial charge in [0.05, 0.1) is 0 Å². The molecule has 0 saturated heterocycles. The highest BCUT2D eigenvalue weighted by atomic mass is 35.5. The molecule has 1 aliphatic rings.